The number of hydrogen-bond donors (Lipinski definition) is 0. The van der Waals surface area contributed by atoms with E-state index in [2.05, 4.69) is 0 Å². The van der Waals surface area contributed by atoms with E-state index in [1.807, 2.05) is 19.1 Å². The number of rotatable bonds is 2. The largest absolute Gasteiger partial charge is 0.380 e. The summed E-state index contributed by atoms with van der Waals surface area (Å²) in [6.07, 6.45) is 0.755. The summed E-state index contributed by atoms with van der Waals surface area (Å²) in [5.41, 5.74) is 0.790. The van der Waals surface area contributed by atoms with Gasteiger partial charge < -0.3 is 4.74 Å². The molecule has 0 radical (unpaired) electrons. The molecule has 5 heteroatoms. The second kappa shape index (κ2) is 5.16. The summed E-state index contributed by atoms with van der Waals surface area (Å²) >= 11 is 0. The summed E-state index contributed by atoms with van der Waals surface area (Å²) in [6, 6.07) is 7.09. The summed E-state index contributed by atoms with van der Waals surface area (Å²) in [6.45, 7) is 3.92. The maximum Gasteiger partial charge on any atom is 0.243 e. The van der Waals surface area contributed by atoms with Crippen LogP contribution in [0.3, 0.4) is 0 Å². The summed E-state index contributed by atoms with van der Waals surface area (Å²) < 4.78 is 31.7. The number of hydrogen-bond acceptors (Lipinski definition) is 3. The standard InChI is InChI=1S/C12H17NO3S/c1-11-5-2-3-6-12(11)17(14,15)13-7-4-9-16-10-8-13/h2-3,5-6H,4,7-10H2,1H3. The quantitative estimate of drug-likeness (QED) is 0.802. The Bertz CT molecular complexity index is 476. The molecule has 0 saturated carbocycles. The van der Waals surface area contributed by atoms with Crippen LogP contribution >= 0.6 is 0 Å². The summed E-state index contributed by atoms with van der Waals surface area (Å²) in [5, 5.41) is 0. The average Bonchev–Trinajstić information content (AvgIpc) is 2.58. The van der Waals surface area contributed by atoms with Gasteiger partial charge in [0.05, 0.1) is 11.5 Å². The molecule has 17 heavy (non-hydrogen) atoms. The van der Waals surface area contributed by atoms with Gasteiger partial charge in [-0.15, -0.1) is 0 Å². The van der Waals surface area contributed by atoms with E-state index in [0.717, 1.165) is 12.0 Å². The highest BCUT2D eigenvalue weighted by Crippen LogP contribution is 2.20. The minimum Gasteiger partial charge on any atom is -0.380 e. The first-order valence-electron chi connectivity index (χ1n) is 5.76. The lowest BCUT2D eigenvalue weighted by atomic mass is 10.2. The first-order chi connectivity index (χ1) is 8.12. The molecule has 0 aliphatic carbocycles. The molecule has 1 saturated heterocycles. The molecule has 1 fully saturated rings. The van der Waals surface area contributed by atoms with Crippen LogP contribution < -0.4 is 0 Å². The van der Waals surface area contributed by atoms with Crippen molar-refractivity contribution in [3.63, 3.8) is 0 Å². The van der Waals surface area contributed by atoms with Crippen molar-refractivity contribution >= 4 is 10.0 Å². The van der Waals surface area contributed by atoms with Gasteiger partial charge in [-0.1, -0.05) is 18.2 Å². The van der Waals surface area contributed by atoms with E-state index in [4.69, 9.17) is 4.74 Å². The molecule has 2 rings (SSSR count). The third-order valence-electron chi connectivity index (χ3n) is 2.89. The maximum absolute atomic E-state index is 12.4. The highest BCUT2D eigenvalue weighted by Gasteiger charge is 2.26. The van der Waals surface area contributed by atoms with Crippen LogP contribution in [0.1, 0.15) is 12.0 Å². The van der Waals surface area contributed by atoms with Crippen molar-refractivity contribution in [1.29, 1.82) is 0 Å². The topological polar surface area (TPSA) is 46.6 Å². The van der Waals surface area contributed by atoms with Crippen molar-refractivity contribution in [2.45, 2.75) is 18.2 Å². The molecule has 0 atom stereocenters. The molecule has 0 amide bonds. The molecule has 1 heterocycles. The Kier molecular flexibility index (Phi) is 3.81. The Morgan fingerprint density at radius 2 is 1.94 bits per heavy atom. The van der Waals surface area contributed by atoms with Gasteiger partial charge in [0.1, 0.15) is 0 Å². The number of sulfonamides is 1. The first-order valence-corrected chi connectivity index (χ1v) is 7.20. The Labute approximate surface area is 102 Å². The summed E-state index contributed by atoms with van der Waals surface area (Å²) in [4.78, 5) is 0.405. The van der Waals surface area contributed by atoms with E-state index in [0.29, 0.717) is 31.2 Å². The second-order valence-corrected chi connectivity index (χ2v) is 6.04. The molecule has 1 aromatic rings. The molecule has 1 aliphatic heterocycles. The highest BCUT2D eigenvalue weighted by molar-refractivity contribution is 7.89. The zero-order valence-electron chi connectivity index (χ0n) is 9.93. The second-order valence-electron chi connectivity index (χ2n) is 4.14. The van der Waals surface area contributed by atoms with Crippen LogP contribution in [-0.4, -0.2) is 39.0 Å². The Balaban J connectivity index is 2.32. The molecule has 0 bridgehead atoms. The van der Waals surface area contributed by atoms with Gasteiger partial charge in [-0.3, -0.25) is 0 Å². The Hall–Kier alpha value is -0.910. The number of nitrogens with zero attached hydrogens (tertiary/aromatic N) is 1. The zero-order chi connectivity index (χ0) is 12.3. The monoisotopic (exact) mass is 255 g/mol. The van der Waals surface area contributed by atoms with Crippen LogP contribution in [0, 0.1) is 6.92 Å². The molecule has 0 spiro atoms. The molecule has 94 valence electrons. The van der Waals surface area contributed by atoms with Crippen LogP contribution in [0.5, 0.6) is 0 Å². The van der Waals surface area contributed by atoms with E-state index in [-0.39, 0.29) is 0 Å². The van der Waals surface area contributed by atoms with Crippen LogP contribution in [0.25, 0.3) is 0 Å². The molecule has 1 aliphatic rings. The maximum atomic E-state index is 12.4. The lowest BCUT2D eigenvalue weighted by Gasteiger charge is -2.20. The van der Waals surface area contributed by atoms with E-state index in [1.54, 1.807) is 12.1 Å². The average molecular weight is 255 g/mol. The molecule has 0 unspecified atom stereocenters. The molecular weight excluding hydrogens is 238 g/mol. The Morgan fingerprint density at radius 3 is 2.71 bits per heavy atom. The van der Waals surface area contributed by atoms with E-state index >= 15 is 0 Å². The molecular formula is C12H17NO3S. The van der Waals surface area contributed by atoms with E-state index in [1.165, 1.54) is 4.31 Å². The Morgan fingerprint density at radius 1 is 1.18 bits per heavy atom. The number of benzene rings is 1. The fourth-order valence-corrected chi connectivity index (χ4v) is 3.64. The van der Waals surface area contributed by atoms with E-state index in [9.17, 15) is 8.42 Å². The smallest absolute Gasteiger partial charge is 0.243 e. The number of aryl methyl sites for hydroxylation is 1. The third-order valence-corrected chi connectivity index (χ3v) is 4.95. The predicted octanol–water partition coefficient (Wildman–Crippen LogP) is 1.41. The zero-order valence-corrected chi connectivity index (χ0v) is 10.7. The first kappa shape index (κ1) is 12.5. The van der Waals surface area contributed by atoms with Gasteiger partial charge in [0.25, 0.3) is 0 Å². The minimum atomic E-state index is -3.36. The van der Waals surface area contributed by atoms with Gasteiger partial charge in [0.2, 0.25) is 10.0 Å². The molecule has 0 aromatic heterocycles. The lowest BCUT2D eigenvalue weighted by Crippen LogP contribution is -2.33. The van der Waals surface area contributed by atoms with Gasteiger partial charge in [-0.25, -0.2) is 8.42 Å². The van der Waals surface area contributed by atoms with Gasteiger partial charge in [0.15, 0.2) is 0 Å². The van der Waals surface area contributed by atoms with Gasteiger partial charge >= 0.3 is 0 Å². The molecule has 4 nitrogen and oxygen atoms in total. The SMILES string of the molecule is Cc1ccccc1S(=O)(=O)N1CCCOCC1. The predicted molar refractivity (Wildman–Crippen MR) is 65.4 cm³/mol. The summed E-state index contributed by atoms with van der Waals surface area (Å²) in [5.74, 6) is 0. The normalized spacial score (nSPS) is 18.9. The molecule has 0 N–H and O–H groups in total. The van der Waals surface area contributed by atoms with Crippen molar-refractivity contribution in [1.82, 2.24) is 4.31 Å². The van der Waals surface area contributed by atoms with Gasteiger partial charge in [-0.2, -0.15) is 4.31 Å². The van der Waals surface area contributed by atoms with Crippen molar-refractivity contribution < 1.29 is 13.2 Å². The van der Waals surface area contributed by atoms with Crippen LogP contribution in [0.2, 0.25) is 0 Å². The van der Waals surface area contributed by atoms with Crippen LogP contribution in [0.15, 0.2) is 29.2 Å². The minimum absolute atomic E-state index is 0.405. The molecule has 1 aromatic carbocycles. The third kappa shape index (κ3) is 2.68. The fourth-order valence-electron chi connectivity index (χ4n) is 1.95. The fraction of sp³-hybridized carbons (Fsp3) is 0.500. The van der Waals surface area contributed by atoms with Crippen molar-refractivity contribution in [2.75, 3.05) is 26.3 Å². The highest BCUT2D eigenvalue weighted by atomic mass is 32.2. The van der Waals surface area contributed by atoms with Crippen LogP contribution in [0.4, 0.5) is 0 Å². The number of ether oxygens (including phenoxy) is 1. The van der Waals surface area contributed by atoms with Gasteiger partial charge in [-0.05, 0) is 25.0 Å². The van der Waals surface area contributed by atoms with Gasteiger partial charge in [0, 0.05) is 19.7 Å². The van der Waals surface area contributed by atoms with Crippen LogP contribution in [-0.2, 0) is 14.8 Å². The summed E-state index contributed by atoms with van der Waals surface area (Å²) in [7, 11) is -3.36. The van der Waals surface area contributed by atoms with Crippen molar-refractivity contribution in [2.24, 2.45) is 0 Å². The van der Waals surface area contributed by atoms with Crippen molar-refractivity contribution in [3.8, 4) is 0 Å². The van der Waals surface area contributed by atoms with Crippen molar-refractivity contribution in [3.05, 3.63) is 29.8 Å². The lowest BCUT2D eigenvalue weighted by molar-refractivity contribution is 0.148. The van der Waals surface area contributed by atoms with E-state index < -0.39 is 10.0 Å².